The molecule has 18 heavy (non-hydrogen) atoms. The minimum absolute atomic E-state index is 0.131. The van der Waals surface area contributed by atoms with Crippen molar-refractivity contribution in [2.45, 2.75) is 37.8 Å². The van der Waals surface area contributed by atoms with Gasteiger partial charge in [0.2, 0.25) is 5.91 Å². The van der Waals surface area contributed by atoms with Crippen LogP contribution in [0.4, 0.5) is 0 Å². The molecule has 2 saturated heterocycles. The molecule has 1 unspecified atom stereocenters. The molecule has 2 fully saturated rings. The van der Waals surface area contributed by atoms with Crippen LogP contribution in [0.2, 0.25) is 0 Å². The number of hydrogen-bond acceptors (Lipinski definition) is 4. The predicted octanol–water partition coefficient (Wildman–Crippen LogP) is -0.596. The van der Waals surface area contributed by atoms with Gasteiger partial charge in [0.15, 0.2) is 0 Å². The summed E-state index contributed by atoms with van der Waals surface area (Å²) in [5, 5.41) is 14.4. The van der Waals surface area contributed by atoms with Crippen molar-refractivity contribution in [3.05, 3.63) is 0 Å². The number of carbonyl (C=O) groups is 2. The average Bonchev–Trinajstić information content (AvgIpc) is 2.86. The molecule has 1 atom stereocenters. The van der Waals surface area contributed by atoms with Crippen molar-refractivity contribution in [2.75, 3.05) is 26.2 Å². The molecule has 6 nitrogen and oxygen atoms in total. The lowest BCUT2D eigenvalue weighted by atomic mass is 10.0. The van der Waals surface area contributed by atoms with Gasteiger partial charge in [0.05, 0.1) is 6.04 Å². The van der Waals surface area contributed by atoms with E-state index >= 15 is 0 Å². The van der Waals surface area contributed by atoms with Crippen LogP contribution < -0.4 is 10.6 Å². The van der Waals surface area contributed by atoms with Gasteiger partial charge in [-0.05, 0) is 45.3 Å². The molecule has 6 heteroatoms. The van der Waals surface area contributed by atoms with Gasteiger partial charge in [-0.25, -0.2) is 0 Å². The van der Waals surface area contributed by atoms with Gasteiger partial charge in [0, 0.05) is 6.04 Å². The molecule has 1 amide bonds. The number of amides is 1. The van der Waals surface area contributed by atoms with E-state index in [0.717, 1.165) is 45.3 Å². The van der Waals surface area contributed by atoms with E-state index in [-0.39, 0.29) is 18.5 Å². The molecule has 0 saturated carbocycles. The summed E-state index contributed by atoms with van der Waals surface area (Å²) in [4.78, 5) is 24.7. The molecule has 0 radical (unpaired) electrons. The van der Waals surface area contributed by atoms with Crippen molar-refractivity contribution in [2.24, 2.45) is 0 Å². The molecule has 2 heterocycles. The zero-order chi connectivity index (χ0) is 13.0. The lowest BCUT2D eigenvalue weighted by molar-refractivity contribution is -0.138. The van der Waals surface area contributed by atoms with Crippen LogP contribution >= 0.6 is 0 Å². The Hall–Kier alpha value is -1.14. The summed E-state index contributed by atoms with van der Waals surface area (Å²) in [5.74, 6) is -1.12. The average molecular weight is 255 g/mol. The third kappa shape index (κ3) is 3.20. The first-order valence-corrected chi connectivity index (χ1v) is 6.64. The molecule has 3 N–H and O–H groups in total. The molecule has 0 aromatic heterocycles. The van der Waals surface area contributed by atoms with Gasteiger partial charge in [-0.1, -0.05) is 0 Å². The Morgan fingerprint density at radius 1 is 1.28 bits per heavy atom. The Balaban J connectivity index is 1.89. The van der Waals surface area contributed by atoms with Crippen LogP contribution in [0.1, 0.15) is 25.7 Å². The summed E-state index contributed by atoms with van der Waals surface area (Å²) < 4.78 is 0. The normalized spacial score (nSPS) is 26.1. The number of likely N-dealkylation sites (tertiary alicyclic amines) is 1. The molecule has 2 rings (SSSR count). The maximum atomic E-state index is 12.0. The van der Waals surface area contributed by atoms with Crippen LogP contribution in [0, 0.1) is 0 Å². The van der Waals surface area contributed by atoms with E-state index in [1.165, 1.54) is 0 Å². The molecule has 0 aromatic carbocycles. The number of rotatable bonds is 4. The Kier molecular flexibility index (Phi) is 4.54. The minimum atomic E-state index is -0.991. The van der Waals surface area contributed by atoms with E-state index in [2.05, 4.69) is 15.5 Å². The van der Waals surface area contributed by atoms with Gasteiger partial charge >= 0.3 is 5.97 Å². The van der Waals surface area contributed by atoms with Crippen LogP contribution in [0.5, 0.6) is 0 Å². The van der Waals surface area contributed by atoms with Gasteiger partial charge in [-0.3, -0.25) is 14.5 Å². The highest BCUT2D eigenvalue weighted by Crippen LogP contribution is 2.24. The van der Waals surface area contributed by atoms with Gasteiger partial charge in [-0.2, -0.15) is 0 Å². The van der Waals surface area contributed by atoms with Crippen molar-refractivity contribution in [3.63, 3.8) is 0 Å². The van der Waals surface area contributed by atoms with Gasteiger partial charge < -0.3 is 15.7 Å². The fourth-order valence-electron chi connectivity index (χ4n) is 2.93. The summed E-state index contributed by atoms with van der Waals surface area (Å²) in [6.07, 6.45) is 4.01. The smallest absolute Gasteiger partial charge is 0.322 e. The van der Waals surface area contributed by atoms with Crippen molar-refractivity contribution in [1.82, 2.24) is 15.5 Å². The Labute approximate surface area is 107 Å². The van der Waals surface area contributed by atoms with Crippen molar-refractivity contribution < 1.29 is 14.7 Å². The number of carboxylic acid groups (broad SMARTS) is 1. The maximum Gasteiger partial charge on any atom is 0.322 e. The van der Waals surface area contributed by atoms with E-state index in [1.807, 2.05) is 0 Å². The second-order valence-electron chi connectivity index (χ2n) is 4.99. The summed E-state index contributed by atoms with van der Waals surface area (Å²) in [6.45, 7) is 2.68. The zero-order valence-electron chi connectivity index (χ0n) is 10.5. The Morgan fingerprint density at radius 3 is 2.67 bits per heavy atom. The second kappa shape index (κ2) is 6.15. The Morgan fingerprint density at radius 2 is 2.00 bits per heavy atom. The first-order valence-electron chi connectivity index (χ1n) is 6.64. The van der Waals surface area contributed by atoms with Crippen molar-refractivity contribution in [1.29, 1.82) is 0 Å². The predicted molar refractivity (Wildman–Crippen MR) is 66.3 cm³/mol. The van der Waals surface area contributed by atoms with E-state index in [4.69, 9.17) is 5.11 Å². The first-order chi connectivity index (χ1) is 8.68. The highest BCUT2D eigenvalue weighted by Gasteiger charge is 2.35. The first kappa shape index (κ1) is 13.3. The van der Waals surface area contributed by atoms with E-state index < -0.39 is 5.97 Å². The van der Waals surface area contributed by atoms with Crippen LogP contribution in [-0.2, 0) is 9.59 Å². The third-order valence-corrected chi connectivity index (χ3v) is 3.79. The summed E-state index contributed by atoms with van der Waals surface area (Å²) in [6, 6.07) is 0.335. The van der Waals surface area contributed by atoms with Crippen molar-refractivity contribution >= 4 is 11.9 Å². The summed E-state index contributed by atoms with van der Waals surface area (Å²) in [5.41, 5.74) is 0. The van der Waals surface area contributed by atoms with Crippen LogP contribution in [-0.4, -0.2) is 60.1 Å². The quantitative estimate of drug-likeness (QED) is 0.625. The highest BCUT2D eigenvalue weighted by atomic mass is 16.4. The SMILES string of the molecule is O=C(O)CNC(=O)C1CCCN1C1CCNCC1. The summed E-state index contributed by atoms with van der Waals surface area (Å²) in [7, 11) is 0. The second-order valence-corrected chi connectivity index (χ2v) is 4.99. The fourth-order valence-corrected chi connectivity index (χ4v) is 2.93. The highest BCUT2D eigenvalue weighted by molar-refractivity contribution is 5.85. The van der Waals surface area contributed by atoms with Gasteiger partial charge in [0.1, 0.15) is 6.54 Å². The maximum absolute atomic E-state index is 12.0. The number of aliphatic carboxylic acids is 1. The molecular formula is C12H21N3O3. The molecule has 0 spiro atoms. The zero-order valence-corrected chi connectivity index (χ0v) is 10.5. The molecule has 2 aliphatic heterocycles. The monoisotopic (exact) mass is 255 g/mol. The number of nitrogens with one attached hydrogen (secondary N) is 2. The molecule has 2 aliphatic rings. The lowest BCUT2D eigenvalue weighted by Crippen LogP contribution is -2.51. The third-order valence-electron chi connectivity index (χ3n) is 3.79. The molecule has 0 bridgehead atoms. The number of carboxylic acids is 1. The number of nitrogens with zero attached hydrogens (tertiary/aromatic N) is 1. The van der Waals surface area contributed by atoms with E-state index in [1.54, 1.807) is 0 Å². The van der Waals surface area contributed by atoms with Gasteiger partial charge in [0.25, 0.3) is 0 Å². The van der Waals surface area contributed by atoms with Crippen LogP contribution in [0.3, 0.4) is 0 Å². The van der Waals surface area contributed by atoms with Crippen molar-refractivity contribution in [3.8, 4) is 0 Å². The van der Waals surface area contributed by atoms with Crippen LogP contribution in [0.15, 0.2) is 0 Å². The molecule has 0 aliphatic carbocycles. The standard InChI is InChI=1S/C12H21N3O3/c16-11(17)8-14-12(18)10-2-1-7-15(10)9-3-5-13-6-4-9/h9-10,13H,1-8H2,(H,14,18)(H,16,17). The van der Waals surface area contributed by atoms with E-state index in [0.29, 0.717) is 6.04 Å². The lowest BCUT2D eigenvalue weighted by Gasteiger charge is -2.35. The number of hydrogen-bond donors (Lipinski definition) is 3. The molecule has 0 aromatic rings. The van der Waals surface area contributed by atoms with E-state index in [9.17, 15) is 9.59 Å². The fraction of sp³-hybridized carbons (Fsp3) is 0.833. The summed E-state index contributed by atoms with van der Waals surface area (Å²) >= 11 is 0. The van der Waals surface area contributed by atoms with Crippen LogP contribution in [0.25, 0.3) is 0 Å². The largest absolute Gasteiger partial charge is 0.480 e. The van der Waals surface area contributed by atoms with Gasteiger partial charge in [-0.15, -0.1) is 0 Å². The molecule has 102 valence electrons. The number of piperidine rings is 1. The Bertz CT molecular complexity index is 316. The minimum Gasteiger partial charge on any atom is -0.480 e. The molecular weight excluding hydrogens is 234 g/mol. The topological polar surface area (TPSA) is 81.7 Å². The number of carbonyl (C=O) groups excluding carboxylic acids is 1.